The van der Waals surface area contributed by atoms with Crippen molar-refractivity contribution in [3.05, 3.63) is 54.1 Å². The molecular weight excluding hydrogens is 482 g/mol. The summed E-state index contributed by atoms with van der Waals surface area (Å²) < 4.78 is 12.8. The van der Waals surface area contributed by atoms with Crippen molar-refractivity contribution >= 4 is 33.5 Å². The van der Waals surface area contributed by atoms with E-state index in [1.54, 1.807) is 12.1 Å². The van der Waals surface area contributed by atoms with Crippen LogP contribution in [0.25, 0.3) is 11.1 Å². The molecule has 3 saturated carbocycles. The molecule has 4 aliphatic rings. The fourth-order valence-corrected chi connectivity index (χ4v) is 6.75. The van der Waals surface area contributed by atoms with Crippen molar-refractivity contribution in [1.29, 1.82) is 0 Å². The third kappa shape index (κ3) is 5.37. The highest BCUT2D eigenvalue weighted by atomic mass is 31.0. The van der Waals surface area contributed by atoms with E-state index in [0.717, 1.165) is 29.3 Å². The molecule has 196 valence electrons. The van der Waals surface area contributed by atoms with Gasteiger partial charge in [-0.1, -0.05) is 64.1 Å². The fraction of sp³-hybridized carbons (Fsp3) is 0.517. The summed E-state index contributed by atoms with van der Waals surface area (Å²) in [5.74, 6) is 0.819. The van der Waals surface area contributed by atoms with Crippen LogP contribution in [0.3, 0.4) is 0 Å². The first kappa shape index (κ1) is 26.4. The van der Waals surface area contributed by atoms with Gasteiger partial charge < -0.3 is 19.9 Å². The van der Waals surface area contributed by atoms with E-state index in [4.69, 9.17) is 9.31 Å². The van der Waals surface area contributed by atoms with E-state index < -0.39 is 7.12 Å². The highest BCUT2D eigenvalue weighted by molar-refractivity contribution is 7.28. The number of carbonyl (C=O) groups excluding carboxylic acids is 2. The van der Waals surface area contributed by atoms with Crippen molar-refractivity contribution in [3.63, 3.8) is 0 Å². The molecule has 1 aliphatic heterocycles. The first-order chi connectivity index (χ1) is 17.6. The second kappa shape index (κ2) is 10.5. The summed E-state index contributed by atoms with van der Waals surface area (Å²) in [6.07, 6.45) is 3.22. The molecule has 6 atom stereocenters. The average Bonchev–Trinajstić information content (AvgIpc) is 3.31. The van der Waals surface area contributed by atoms with Gasteiger partial charge in [-0.05, 0) is 71.0 Å². The van der Waals surface area contributed by atoms with Crippen molar-refractivity contribution in [2.24, 2.45) is 23.2 Å². The third-order valence-electron chi connectivity index (χ3n) is 8.65. The van der Waals surface area contributed by atoms with Crippen LogP contribution in [0.15, 0.2) is 48.5 Å². The average molecular weight is 520 g/mol. The predicted octanol–water partition coefficient (Wildman–Crippen LogP) is 3.99. The molecule has 2 N–H and O–H groups in total. The molecule has 4 unspecified atom stereocenters. The summed E-state index contributed by atoms with van der Waals surface area (Å²) >= 11 is 0. The zero-order valence-corrected chi connectivity index (χ0v) is 23.4. The molecular formula is C29H38BN2O4P. The lowest BCUT2D eigenvalue weighted by molar-refractivity contribution is -0.150. The Morgan fingerprint density at radius 2 is 1.81 bits per heavy atom. The van der Waals surface area contributed by atoms with Crippen LogP contribution in [-0.4, -0.2) is 43.6 Å². The first-order valence-corrected chi connectivity index (χ1v) is 14.0. The zero-order valence-electron chi connectivity index (χ0n) is 22.2. The molecule has 1 saturated heterocycles. The molecule has 0 radical (unpaired) electrons. The fourth-order valence-electron chi connectivity index (χ4n) is 6.38. The largest absolute Gasteiger partial charge is 0.481 e. The summed E-state index contributed by atoms with van der Waals surface area (Å²) in [7, 11) is 2.29. The van der Waals surface area contributed by atoms with E-state index in [2.05, 4.69) is 47.6 Å². The predicted molar refractivity (Wildman–Crippen MR) is 150 cm³/mol. The van der Waals surface area contributed by atoms with Crippen molar-refractivity contribution in [3.8, 4) is 11.1 Å². The Balaban J connectivity index is 1.16. The van der Waals surface area contributed by atoms with Crippen LogP contribution in [0.4, 0.5) is 0 Å². The minimum absolute atomic E-state index is 0.0963. The van der Waals surface area contributed by atoms with Gasteiger partial charge in [0.05, 0.1) is 24.7 Å². The molecule has 1 heterocycles. The van der Waals surface area contributed by atoms with Gasteiger partial charge in [-0.15, -0.1) is 9.24 Å². The monoisotopic (exact) mass is 520 g/mol. The zero-order chi connectivity index (χ0) is 26.3. The minimum atomic E-state index is -0.445. The lowest BCUT2D eigenvalue weighted by atomic mass is 9.47. The number of hydrogen-bond acceptors (Lipinski definition) is 4. The van der Waals surface area contributed by atoms with E-state index in [9.17, 15) is 9.59 Å². The normalized spacial score (nSPS) is 26.3. The van der Waals surface area contributed by atoms with Gasteiger partial charge in [-0.2, -0.15) is 0 Å². The Bertz CT molecular complexity index is 1150. The van der Waals surface area contributed by atoms with Gasteiger partial charge in [0, 0.05) is 5.56 Å². The van der Waals surface area contributed by atoms with Crippen LogP contribution in [0.5, 0.6) is 0 Å². The first-order valence-electron chi connectivity index (χ1n) is 13.5. The van der Waals surface area contributed by atoms with Crippen LogP contribution in [0.1, 0.15) is 57.3 Å². The van der Waals surface area contributed by atoms with Gasteiger partial charge in [0.15, 0.2) is 0 Å². The molecule has 6 nitrogen and oxygen atoms in total. The van der Waals surface area contributed by atoms with E-state index >= 15 is 0 Å². The number of amides is 2. The van der Waals surface area contributed by atoms with Crippen molar-refractivity contribution in [2.45, 2.75) is 65.1 Å². The van der Waals surface area contributed by atoms with E-state index in [1.807, 2.05) is 36.4 Å². The Hall–Kier alpha value is -2.21. The molecule has 8 heteroatoms. The summed E-state index contributed by atoms with van der Waals surface area (Å²) in [4.78, 5) is 25.6. The Morgan fingerprint density at radius 3 is 2.49 bits per heavy atom. The van der Waals surface area contributed by atoms with Crippen molar-refractivity contribution in [2.75, 3.05) is 6.54 Å². The van der Waals surface area contributed by atoms with Crippen LogP contribution in [0.2, 0.25) is 0 Å². The molecule has 0 spiro atoms. The van der Waals surface area contributed by atoms with Crippen molar-refractivity contribution in [1.82, 2.24) is 10.6 Å². The van der Waals surface area contributed by atoms with Crippen LogP contribution in [-0.2, 0) is 14.1 Å². The minimum Gasteiger partial charge on any atom is -0.404 e. The molecule has 37 heavy (non-hydrogen) atoms. The molecule has 2 amide bonds. The van der Waals surface area contributed by atoms with Gasteiger partial charge in [0.1, 0.15) is 0 Å². The molecule has 3 aliphatic carbocycles. The van der Waals surface area contributed by atoms with Crippen LogP contribution >= 0.6 is 9.24 Å². The maximum absolute atomic E-state index is 12.9. The number of hydrogen-bond donors (Lipinski definition) is 2. The molecule has 6 rings (SSSR count). The standard InChI is InChI=1S/C29H38BN2O4P/c1-17(2)13-25(30-35-23-15-20-14-22(27(23)36-30)29(20,3)4)32-26(33)16-31-28(34)19-11-9-18(10-12-19)21-7-5-6-8-24(21)37/h5-12,17,20,22-23,25,27H,13-16,37H2,1-4H3,(H,31,34)(H,32,33)/t20?,22?,23-,25?,27+/m1/s1. The molecule has 2 aromatic rings. The van der Waals surface area contributed by atoms with Gasteiger partial charge in [-0.25, -0.2) is 0 Å². The van der Waals surface area contributed by atoms with E-state index in [1.165, 1.54) is 6.42 Å². The topological polar surface area (TPSA) is 76.7 Å². The SMILES string of the molecule is CC(C)CC(NC(=O)CNC(=O)c1ccc(-c2ccccc2P)cc1)B1O[C@@H]2CC3CC([C@@H]2O1)C3(C)C. The maximum Gasteiger partial charge on any atom is 0.481 e. The Kier molecular flexibility index (Phi) is 7.50. The Morgan fingerprint density at radius 1 is 1.08 bits per heavy atom. The number of rotatable bonds is 8. The molecule has 2 bridgehead atoms. The van der Waals surface area contributed by atoms with Gasteiger partial charge in [-0.3, -0.25) is 9.59 Å². The third-order valence-corrected chi connectivity index (χ3v) is 9.16. The molecule has 4 fully saturated rings. The van der Waals surface area contributed by atoms with E-state index in [-0.39, 0.29) is 36.5 Å². The second-order valence-corrected chi connectivity index (χ2v) is 12.5. The Labute approximate surface area is 223 Å². The highest BCUT2D eigenvalue weighted by Crippen LogP contribution is 2.61. The summed E-state index contributed by atoms with van der Waals surface area (Å²) in [5.41, 5.74) is 2.96. The van der Waals surface area contributed by atoms with Crippen molar-refractivity contribution < 1.29 is 18.9 Å². The summed E-state index contributed by atoms with van der Waals surface area (Å²) in [6, 6.07) is 15.5. The molecule has 0 aromatic heterocycles. The van der Waals surface area contributed by atoms with Crippen LogP contribution < -0.4 is 15.9 Å². The lowest BCUT2D eigenvalue weighted by Gasteiger charge is -2.60. The van der Waals surface area contributed by atoms with Crippen LogP contribution in [0, 0.1) is 23.2 Å². The highest BCUT2D eigenvalue weighted by Gasteiger charge is 2.62. The summed E-state index contributed by atoms with van der Waals surface area (Å²) in [5, 5.41) is 6.94. The number of nitrogens with one attached hydrogen (secondary N) is 2. The number of carbonyl (C=O) groups is 2. The molecule has 2 aromatic carbocycles. The van der Waals surface area contributed by atoms with Gasteiger partial charge in [0.2, 0.25) is 5.91 Å². The van der Waals surface area contributed by atoms with E-state index in [0.29, 0.717) is 28.7 Å². The lowest BCUT2D eigenvalue weighted by Crippen LogP contribution is -2.59. The summed E-state index contributed by atoms with van der Waals surface area (Å²) in [6.45, 7) is 8.83. The second-order valence-electron chi connectivity index (χ2n) is 11.9. The quantitative estimate of drug-likeness (QED) is 0.408. The maximum atomic E-state index is 12.9. The van der Waals surface area contributed by atoms with Gasteiger partial charge >= 0.3 is 7.12 Å². The smallest absolute Gasteiger partial charge is 0.404 e. The van der Waals surface area contributed by atoms with Gasteiger partial charge in [0.25, 0.3) is 5.91 Å². The number of benzene rings is 2.